The van der Waals surface area contributed by atoms with Crippen LogP contribution >= 0.6 is 43.5 Å². The van der Waals surface area contributed by atoms with Crippen molar-refractivity contribution in [3.63, 3.8) is 0 Å². The van der Waals surface area contributed by atoms with Crippen LogP contribution in [0.15, 0.2) is 21.1 Å². The van der Waals surface area contributed by atoms with Gasteiger partial charge in [-0.25, -0.2) is 4.39 Å². The SMILES string of the molecule is Fc1ccc(Br)c(Cl)c1Br.OB(O)O. The summed E-state index contributed by atoms with van der Waals surface area (Å²) in [6.07, 6.45) is 0. The molecule has 0 heterocycles. The van der Waals surface area contributed by atoms with Crippen LogP contribution in [0.4, 0.5) is 4.39 Å². The molecule has 1 aromatic carbocycles. The molecule has 1 aromatic rings. The Morgan fingerprint density at radius 1 is 1.21 bits per heavy atom. The molecule has 0 saturated carbocycles. The molecule has 78 valence electrons. The summed E-state index contributed by atoms with van der Waals surface area (Å²) in [6, 6.07) is 2.89. The van der Waals surface area contributed by atoms with E-state index < -0.39 is 7.32 Å². The fraction of sp³-hybridized carbons (Fsp3) is 0. The Morgan fingerprint density at radius 3 is 2.00 bits per heavy atom. The third-order valence-electron chi connectivity index (χ3n) is 0.988. The highest BCUT2D eigenvalue weighted by Gasteiger charge is 2.05. The van der Waals surface area contributed by atoms with Crippen molar-refractivity contribution < 1.29 is 19.5 Å². The molecule has 3 N–H and O–H groups in total. The van der Waals surface area contributed by atoms with Gasteiger partial charge in [-0.05, 0) is 44.0 Å². The van der Waals surface area contributed by atoms with Crippen molar-refractivity contribution in [1.82, 2.24) is 0 Å². The van der Waals surface area contributed by atoms with Crippen molar-refractivity contribution in [2.24, 2.45) is 0 Å². The van der Waals surface area contributed by atoms with E-state index in [9.17, 15) is 4.39 Å². The molecule has 0 aliphatic heterocycles. The third kappa shape index (κ3) is 5.28. The number of hydrogen-bond donors (Lipinski definition) is 3. The predicted molar refractivity (Wildman–Crippen MR) is 59.2 cm³/mol. The van der Waals surface area contributed by atoms with E-state index in [2.05, 4.69) is 31.9 Å². The van der Waals surface area contributed by atoms with Crippen LogP contribution < -0.4 is 0 Å². The van der Waals surface area contributed by atoms with E-state index in [1.807, 2.05) is 0 Å². The van der Waals surface area contributed by atoms with Crippen LogP contribution in [0.1, 0.15) is 0 Å². The van der Waals surface area contributed by atoms with Gasteiger partial charge in [0.15, 0.2) is 0 Å². The smallest absolute Gasteiger partial charge is 0.402 e. The van der Waals surface area contributed by atoms with Gasteiger partial charge in [0.2, 0.25) is 0 Å². The van der Waals surface area contributed by atoms with Crippen molar-refractivity contribution in [2.75, 3.05) is 0 Å². The molecular weight excluding hydrogens is 345 g/mol. The van der Waals surface area contributed by atoms with Gasteiger partial charge in [0.25, 0.3) is 0 Å². The highest BCUT2D eigenvalue weighted by molar-refractivity contribution is 9.11. The van der Waals surface area contributed by atoms with Gasteiger partial charge in [0.05, 0.1) is 9.50 Å². The lowest BCUT2D eigenvalue weighted by Gasteiger charge is -1.98. The first-order chi connectivity index (χ1) is 6.36. The average Bonchev–Trinajstić information content (AvgIpc) is 2.07. The van der Waals surface area contributed by atoms with Gasteiger partial charge < -0.3 is 15.1 Å². The van der Waals surface area contributed by atoms with E-state index in [1.54, 1.807) is 6.07 Å². The Labute approximate surface area is 102 Å². The molecule has 0 fully saturated rings. The molecule has 0 aliphatic carbocycles. The molecule has 0 unspecified atom stereocenters. The maximum atomic E-state index is 12.6. The second kappa shape index (κ2) is 6.76. The number of rotatable bonds is 0. The minimum absolute atomic E-state index is 0.295. The van der Waals surface area contributed by atoms with Gasteiger partial charge in [-0.1, -0.05) is 11.6 Å². The lowest BCUT2D eigenvalue weighted by Crippen LogP contribution is -2.07. The highest BCUT2D eigenvalue weighted by Crippen LogP contribution is 2.31. The Kier molecular flexibility index (Phi) is 6.93. The first-order valence-electron chi connectivity index (χ1n) is 3.19. The highest BCUT2D eigenvalue weighted by atomic mass is 79.9. The normalized spacial score (nSPS) is 9.07. The lowest BCUT2D eigenvalue weighted by atomic mass is 10.3. The zero-order valence-corrected chi connectivity index (χ0v) is 10.5. The van der Waals surface area contributed by atoms with Crippen molar-refractivity contribution in [3.8, 4) is 0 Å². The van der Waals surface area contributed by atoms with Crippen LogP contribution in [-0.2, 0) is 0 Å². The van der Waals surface area contributed by atoms with Gasteiger partial charge in [-0.15, -0.1) is 0 Å². The average molecular weight is 350 g/mol. The first-order valence-corrected chi connectivity index (χ1v) is 5.16. The topological polar surface area (TPSA) is 60.7 Å². The monoisotopic (exact) mass is 348 g/mol. The minimum atomic E-state index is -2.17. The van der Waals surface area contributed by atoms with Crippen LogP contribution in [-0.4, -0.2) is 22.4 Å². The zero-order valence-electron chi connectivity index (χ0n) is 6.59. The molecule has 14 heavy (non-hydrogen) atoms. The van der Waals surface area contributed by atoms with Gasteiger partial charge in [0, 0.05) is 4.47 Å². The molecule has 3 nitrogen and oxygen atoms in total. The van der Waals surface area contributed by atoms with Gasteiger partial charge >= 0.3 is 7.32 Å². The predicted octanol–water partition coefficient (Wildman–Crippen LogP) is 1.95. The first kappa shape index (κ1) is 14.3. The molecule has 0 aliphatic rings. The third-order valence-corrected chi connectivity index (χ3v) is 3.27. The zero-order chi connectivity index (χ0) is 11.3. The summed E-state index contributed by atoms with van der Waals surface area (Å²) >= 11 is 11.8. The van der Waals surface area contributed by atoms with E-state index in [0.29, 0.717) is 14.0 Å². The summed E-state index contributed by atoms with van der Waals surface area (Å²) in [5.41, 5.74) is 0. The molecule has 8 heteroatoms. The van der Waals surface area contributed by atoms with Crippen LogP contribution in [0, 0.1) is 5.82 Å². The second-order valence-electron chi connectivity index (χ2n) is 2.00. The molecule has 0 atom stereocenters. The van der Waals surface area contributed by atoms with E-state index >= 15 is 0 Å². The van der Waals surface area contributed by atoms with Crippen LogP contribution in [0.25, 0.3) is 0 Å². The summed E-state index contributed by atoms with van der Waals surface area (Å²) < 4.78 is 13.6. The number of hydrogen-bond acceptors (Lipinski definition) is 3. The van der Waals surface area contributed by atoms with Gasteiger partial charge in [-0.2, -0.15) is 0 Å². The van der Waals surface area contributed by atoms with Crippen LogP contribution in [0.5, 0.6) is 0 Å². The molecule has 0 bridgehead atoms. The van der Waals surface area contributed by atoms with E-state index in [-0.39, 0.29) is 5.82 Å². The Hall–Kier alpha value is 0.345. The Balaban J connectivity index is 0.000000364. The van der Waals surface area contributed by atoms with Crippen LogP contribution in [0.3, 0.4) is 0 Å². The van der Waals surface area contributed by atoms with E-state index in [0.717, 1.165) is 0 Å². The van der Waals surface area contributed by atoms with Gasteiger partial charge in [-0.3, -0.25) is 0 Å². The molecule has 1 rings (SSSR count). The fourth-order valence-electron chi connectivity index (χ4n) is 0.502. The summed E-state index contributed by atoms with van der Waals surface area (Å²) in [4.78, 5) is 0. The molecule has 0 radical (unpaired) electrons. The van der Waals surface area contributed by atoms with Crippen LogP contribution in [0.2, 0.25) is 5.02 Å². The summed E-state index contributed by atoms with van der Waals surface area (Å²) in [7, 11) is -2.17. The summed E-state index contributed by atoms with van der Waals surface area (Å²) in [5, 5.41) is 21.9. The second-order valence-corrected chi connectivity index (χ2v) is 4.03. The maximum absolute atomic E-state index is 12.6. The Bertz CT molecular complexity index is 284. The summed E-state index contributed by atoms with van der Waals surface area (Å²) in [5.74, 6) is -0.354. The van der Waals surface area contributed by atoms with Crippen molar-refractivity contribution in [2.45, 2.75) is 0 Å². The quantitative estimate of drug-likeness (QED) is 0.381. The minimum Gasteiger partial charge on any atom is -0.402 e. The van der Waals surface area contributed by atoms with E-state index in [1.165, 1.54) is 6.07 Å². The summed E-state index contributed by atoms with van der Waals surface area (Å²) in [6.45, 7) is 0. The maximum Gasteiger partial charge on any atom is 0.631 e. The van der Waals surface area contributed by atoms with E-state index in [4.69, 9.17) is 26.7 Å². The lowest BCUT2D eigenvalue weighted by molar-refractivity contribution is 0.278. The number of halogens is 4. The van der Waals surface area contributed by atoms with Gasteiger partial charge in [0.1, 0.15) is 5.82 Å². The number of benzene rings is 1. The molecular formula is C6H5BBr2ClFO3. The van der Waals surface area contributed by atoms with Crippen molar-refractivity contribution >= 4 is 50.8 Å². The molecule has 0 saturated heterocycles. The molecule has 0 spiro atoms. The standard InChI is InChI=1S/C6H2Br2ClF.BH3O3/c7-3-1-2-4(10)5(8)6(3)9;2-1(3)4/h1-2H;2-4H. The molecule has 0 amide bonds. The Morgan fingerprint density at radius 2 is 1.64 bits per heavy atom. The van der Waals surface area contributed by atoms with Crippen molar-refractivity contribution in [3.05, 3.63) is 31.9 Å². The molecule has 0 aromatic heterocycles. The van der Waals surface area contributed by atoms with Crippen molar-refractivity contribution in [1.29, 1.82) is 0 Å². The largest absolute Gasteiger partial charge is 0.631 e. The fourth-order valence-corrected chi connectivity index (χ4v) is 1.60.